The van der Waals surface area contributed by atoms with Crippen LogP contribution in [0.1, 0.15) is 162 Å². The fourth-order valence-corrected chi connectivity index (χ4v) is 5.79. The topological polar surface area (TPSA) is 117 Å². The molecule has 0 amide bonds. The summed E-state index contributed by atoms with van der Waals surface area (Å²) in [6.07, 6.45) is 46.1. The molecule has 0 saturated heterocycles. The van der Waals surface area contributed by atoms with Crippen molar-refractivity contribution in [2.45, 2.75) is 168 Å². The largest absolute Gasteiger partial charge is 0.498 e. The number of rotatable bonds is 37. The lowest BCUT2D eigenvalue weighted by Gasteiger charge is -2.19. The number of phosphoric ester groups is 1. The van der Waals surface area contributed by atoms with E-state index in [9.17, 15) is 14.3 Å². The van der Waals surface area contributed by atoms with Crippen molar-refractivity contribution in [2.75, 3.05) is 26.4 Å². The van der Waals surface area contributed by atoms with Crippen LogP contribution in [0, 0.1) is 0 Å². The van der Waals surface area contributed by atoms with Crippen molar-refractivity contribution >= 4 is 13.8 Å². The van der Waals surface area contributed by atoms with Gasteiger partial charge in [-0.3, -0.25) is 13.8 Å². The molecular formula is C41H74NO7P. The first-order valence-corrected chi connectivity index (χ1v) is 21.3. The van der Waals surface area contributed by atoms with Crippen LogP contribution < -0.4 is 5.73 Å². The highest BCUT2D eigenvalue weighted by Crippen LogP contribution is 2.43. The number of esters is 1. The predicted molar refractivity (Wildman–Crippen MR) is 210 cm³/mol. The summed E-state index contributed by atoms with van der Waals surface area (Å²) in [5, 5.41) is 0. The highest BCUT2D eigenvalue weighted by atomic mass is 31.2. The van der Waals surface area contributed by atoms with E-state index >= 15 is 0 Å². The summed E-state index contributed by atoms with van der Waals surface area (Å²) in [6, 6.07) is 0. The van der Waals surface area contributed by atoms with Gasteiger partial charge in [-0.05, 0) is 89.5 Å². The Morgan fingerprint density at radius 3 is 1.66 bits per heavy atom. The van der Waals surface area contributed by atoms with Crippen LogP contribution >= 0.6 is 7.82 Å². The van der Waals surface area contributed by atoms with Crippen LogP contribution in [0.3, 0.4) is 0 Å². The van der Waals surface area contributed by atoms with E-state index in [2.05, 4.69) is 62.5 Å². The Balaban J connectivity index is 4.23. The second-order valence-electron chi connectivity index (χ2n) is 12.8. The smallest absolute Gasteiger partial charge is 0.472 e. The molecule has 0 bridgehead atoms. The number of phosphoric acid groups is 1. The summed E-state index contributed by atoms with van der Waals surface area (Å²) >= 11 is 0. The lowest BCUT2D eigenvalue weighted by molar-refractivity contribution is -0.153. The summed E-state index contributed by atoms with van der Waals surface area (Å²) in [5.74, 6) is -0.395. The van der Waals surface area contributed by atoms with E-state index in [0.29, 0.717) is 6.42 Å². The van der Waals surface area contributed by atoms with Crippen LogP contribution in [0.2, 0.25) is 0 Å². The SMILES string of the molecule is CCCCCC=CCC=CCC=CCCCCC(=O)O[C@H](COC=CCCCCCCC=CCCCCCCCC)COP(=O)(O)OCCN. The Hall–Kier alpha value is -1.96. The Labute approximate surface area is 306 Å². The molecule has 0 saturated carbocycles. The number of unbranched alkanes of at least 4 members (excludes halogenated alkanes) is 16. The third-order valence-electron chi connectivity index (χ3n) is 7.97. The minimum atomic E-state index is -4.30. The first-order valence-electron chi connectivity index (χ1n) is 19.8. The second-order valence-corrected chi connectivity index (χ2v) is 14.3. The third-order valence-corrected chi connectivity index (χ3v) is 8.96. The highest BCUT2D eigenvalue weighted by Gasteiger charge is 2.25. The summed E-state index contributed by atoms with van der Waals surface area (Å²) in [4.78, 5) is 22.4. The number of hydrogen-bond donors (Lipinski definition) is 2. The summed E-state index contributed by atoms with van der Waals surface area (Å²) in [6.45, 7) is 4.13. The van der Waals surface area contributed by atoms with Gasteiger partial charge in [0.1, 0.15) is 6.61 Å². The number of carbonyl (C=O) groups excluding carboxylic acids is 1. The van der Waals surface area contributed by atoms with Crippen LogP contribution in [0.15, 0.2) is 60.9 Å². The number of carbonyl (C=O) groups is 1. The first-order chi connectivity index (χ1) is 24.4. The molecule has 0 aromatic carbocycles. The van der Waals surface area contributed by atoms with E-state index in [0.717, 1.165) is 44.9 Å². The molecule has 0 heterocycles. The summed E-state index contributed by atoms with van der Waals surface area (Å²) < 4.78 is 33.0. The van der Waals surface area contributed by atoms with Crippen molar-refractivity contribution in [3.8, 4) is 0 Å². The summed E-state index contributed by atoms with van der Waals surface area (Å²) in [5.41, 5.74) is 5.35. The van der Waals surface area contributed by atoms with Crippen LogP contribution in [0.4, 0.5) is 0 Å². The minimum absolute atomic E-state index is 0.00904. The van der Waals surface area contributed by atoms with E-state index in [4.69, 9.17) is 24.3 Å². The van der Waals surface area contributed by atoms with Crippen molar-refractivity contribution in [1.29, 1.82) is 0 Å². The molecule has 0 rings (SSSR count). The molecule has 0 radical (unpaired) electrons. The lowest BCUT2D eigenvalue weighted by Crippen LogP contribution is -2.27. The number of hydrogen-bond acceptors (Lipinski definition) is 7. The molecule has 8 nitrogen and oxygen atoms in total. The zero-order valence-corrected chi connectivity index (χ0v) is 32.8. The van der Waals surface area contributed by atoms with E-state index in [1.54, 1.807) is 6.26 Å². The molecule has 0 aromatic heterocycles. The quantitative estimate of drug-likeness (QED) is 0.0214. The van der Waals surface area contributed by atoms with Gasteiger partial charge < -0.3 is 20.1 Å². The summed E-state index contributed by atoms with van der Waals surface area (Å²) in [7, 11) is -4.30. The maximum Gasteiger partial charge on any atom is 0.472 e. The molecule has 290 valence electrons. The Morgan fingerprint density at radius 1 is 0.620 bits per heavy atom. The number of ether oxygens (including phenoxy) is 2. The van der Waals surface area contributed by atoms with Gasteiger partial charge in [-0.2, -0.15) is 0 Å². The molecule has 0 aromatic rings. The zero-order valence-electron chi connectivity index (χ0n) is 31.9. The van der Waals surface area contributed by atoms with E-state index in [-0.39, 0.29) is 32.8 Å². The normalized spacial score (nSPS) is 14.2. The van der Waals surface area contributed by atoms with Crippen molar-refractivity contribution in [1.82, 2.24) is 0 Å². The molecular weight excluding hydrogens is 649 g/mol. The molecule has 1 unspecified atom stereocenters. The van der Waals surface area contributed by atoms with Crippen molar-refractivity contribution < 1.29 is 32.8 Å². The molecule has 50 heavy (non-hydrogen) atoms. The number of nitrogens with two attached hydrogens (primary N) is 1. The van der Waals surface area contributed by atoms with Gasteiger partial charge in [0.25, 0.3) is 0 Å². The molecule has 0 aliphatic heterocycles. The van der Waals surface area contributed by atoms with Gasteiger partial charge in [0.05, 0.1) is 19.5 Å². The maximum atomic E-state index is 12.5. The second kappa shape index (κ2) is 38.3. The molecule has 0 aliphatic carbocycles. The van der Waals surface area contributed by atoms with Crippen molar-refractivity contribution in [3.63, 3.8) is 0 Å². The van der Waals surface area contributed by atoms with Gasteiger partial charge in [-0.15, -0.1) is 0 Å². The van der Waals surface area contributed by atoms with Gasteiger partial charge in [-0.1, -0.05) is 120 Å². The fraction of sp³-hybridized carbons (Fsp3) is 0.732. The molecule has 2 atom stereocenters. The average molecular weight is 724 g/mol. The van der Waals surface area contributed by atoms with Gasteiger partial charge in [0.15, 0.2) is 6.10 Å². The van der Waals surface area contributed by atoms with Crippen LogP contribution in [-0.2, 0) is 27.9 Å². The highest BCUT2D eigenvalue weighted by molar-refractivity contribution is 7.47. The minimum Gasteiger partial charge on any atom is -0.498 e. The average Bonchev–Trinajstić information content (AvgIpc) is 3.10. The maximum absolute atomic E-state index is 12.5. The van der Waals surface area contributed by atoms with E-state index in [1.807, 2.05) is 6.08 Å². The number of allylic oxidation sites excluding steroid dienone is 9. The fourth-order valence-electron chi connectivity index (χ4n) is 5.02. The molecule has 0 fully saturated rings. The Kier molecular flexibility index (Phi) is 36.8. The van der Waals surface area contributed by atoms with E-state index < -0.39 is 19.9 Å². The molecule has 3 N–H and O–H groups in total. The van der Waals surface area contributed by atoms with Crippen LogP contribution in [0.25, 0.3) is 0 Å². The van der Waals surface area contributed by atoms with Gasteiger partial charge >= 0.3 is 13.8 Å². The standard InChI is InChI=1S/C41H74NO7P/c1-3-5-7-9-11-13-15-17-19-21-23-25-27-29-31-33-36-46-38-40(39-48-50(44,45)47-37-35-42)49-41(43)34-32-30-28-26-24-22-20-18-16-14-12-10-8-6-4-2/h12,14,17-20,24,26,33,36,40H,3-11,13,15-16,21-23,25,27-32,34-35,37-39,42H2,1-2H3,(H,44,45)/t40-/m1/s1. The van der Waals surface area contributed by atoms with Crippen molar-refractivity contribution in [2.24, 2.45) is 5.73 Å². The van der Waals surface area contributed by atoms with Crippen LogP contribution in [-0.4, -0.2) is 43.3 Å². The third kappa shape index (κ3) is 37.3. The first kappa shape index (κ1) is 48.0. The van der Waals surface area contributed by atoms with Gasteiger partial charge in [-0.25, -0.2) is 4.57 Å². The Morgan fingerprint density at radius 2 is 1.08 bits per heavy atom. The monoisotopic (exact) mass is 724 g/mol. The van der Waals surface area contributed by atoms with Gasteiger partial charge in [0, 0.05) is 13.0 Å². The Bertz CT molecular complexity index is 947. The molecule has 9 heteroatoms. The predicted octanol–water partition coefficient (Wildman–Crippen LogP) is 11.8. The molecule has 0 spiro atoms. The van der Waals surface area contributed by atoms with Crippen LogP contribution in [0.5, 0.6) is 0 Å². The molecule has 0 aliphatic rings. The van der Waals surface area contributed by atoms with Gasteiger partial charge in [0.2, 0.25) is 0 Å². The van der Waals surface area contributed by atoms with E-state index in [1.165, 1.54) is 89.9 Å². The zero-order chi connectivity index (χ0) is 36.6. The van der Waals surface area contributed by atoms with Crippen molar-refractivity contribution in [3.05, 3.63) is 60.9 Å². The lowest BCUT2D eigenvalue weighted by atomic mass is 10.1.